The standard InChI is InChI=1S/C17H18N4O2/c22-13-3-1-11(2-4-13)14-9-21(12-5-7-18-8-6-12)16-15(14)17(23)20-10-19-16/h1-4,9-10,12,18,22H,5-8H2,(H,19,20,23). The van der Waals surface area contributed by atoms with Gasteiger partial charge >= 0.3 is 0 Å². The Balaban J connectivity index is 1.93. The topological polar surface area (TPSA) is 82.9 Å². The molecule has 3 heterocycles. The number of rotatable bonds is 2. The first kappa shape index (κ1) is 14.0. The number of aromatic nitrogens is 3. The summed E-state index contributed by atoms with van der Waals surface area (Å²) in [6, 6.07) is 7.26. The van der Waals surface area contributed by atoms with E-state index in [1.54, 1.807) is 12.1 Å². The van der Waals surface area contributed by atoms with Crippen LogP contribution in [0.1, 0.15) is 18.9 Å². The molecule has 6 heteroatoms. The van der Waals surface area contributed by atoms with Crippen LogP contribution in [0.3, 0.4) is 0 Å². The summed E-state index contributed by atoms with van der Waals surface area (Å²) in [5, 5.41) is 13.5. The number of fused-ring (bicyclic) bond motifs is 1. The summed E-state index contributed by atoms with van der Waals surface area (Å²) >= 11 is 0. The molecule has 0 spiro atoms. The van der Waals surface area contributed by atoms with Crippen molar-refractivity contribution in [1.82, 2.24) is 19.9 Å². The minimum absolute atomic E-state index is 0.134. The highest BCUT2D eigenvalue weighted by molar-refractivity contribution is 5.93. The molecule has 0 atom stereocenters. The highest BCUT2D eigenvalue weighted by Gasteiger charge is 2.21. The summed E-state index contributed by atoms with van der Waals surface area (Å²) < 4.78 is 2.13. The Hall–Kier alpha value is -2.60. The van der Waals surface area contributed by atoms with Crippen molar-refractivity contribution in [3.8, 4) is 16.9 Å². The van der Waals surface area contributed by atoms with Crippen LogP contribution in [0.2, 0.25) is 0 Å². The van der Waals surface area contributed by atoms with Gasteiger partial charge in [0.15, 0.2) is 0 Å². The van der Waals surface area contributed by atoms with Gasteiger partial charge in [-0.25, -0.2) is 4.98 Å². The molecule has 0 unspecified atom stereocenters. The van der Waals surface area contributed by atoms with Crippen LogP contribution in [0.5, 0.6) is 5.75 Å². The molecule has 1 saturated heterocycles. The fourth-order valence-corrected chi connectivity index (χ4v) is 3.32. The molecule has 0 amide bonds. The van der Waals surface area contributed by atoms with Crippen LogP contribution in [-0.4, -0.2) is 32.7 Å². The molecular formula is C17H18N4O2. The maximum Gasteiger partial charge on any atom is 0.260 e. The Morgan fingerprint density at radius 2 is 1.91 bits per heavy atom. The summed E-state index contributed by atoms with van der Waals surface area (Å²) in [7, 11) is 0. The smallest absolute Gasteiger partial charge is 0.260 e. The Morgan fingerprint density at radius 1 is 1.17 bits per heavy atom. The van der Waals surface area contributed by atoms with Gasteiger partial charge in [-0.2, -0.15) is 0 Å². The first-order valence-electron chi connectivity index (χ1n) is 7.82. The van der Waals surface area contributed by atoms with Gasteiger partial charge in [0.2, 0.25) is 0 Å². The van der Waals surface area contributed by atoms with E-state index in [9.17, 15) is 9.90 Å². The highest BCUT2D eigenvalue weighted by atomic mass is 16.3. The first-order valence-corrected chi connectivity index (χ1v) is 7.82. The molecule has 118 valence electrons. The van der Waals surface area contributed by atoms with Crippen LogP contribution in [0, 0.1) is 0 Å². The third kappa shape index (κ3) is 2.41. The number of hydrogen-bond acceptors (Lipinski definition) is 4. The molecule has 1 aliphatic rings. The molecule has 0 bridgehead atoms. The minimum atomic E-state index is -0.134. The van der Waals surface area contributed by atoms with E-state index in [0.29, 0.717) is 11.4 Å². The summed E-state index contributed by atoms with van der Waals surface area (Å²) in [6.07, 6.45) is 5.53. The van der Waals surface area contributed by atoms with Crippen LogP contribution in [-0.2, 0) is 0 Å². The molecule has 1 aliphatic heterocycles. The number of piperidine rings is 1. The number of aromatic hydroxyl groups is 1. The molecule has 4 rings (SSSR count). The molecule has 23 heavy (non-hydrogen) atoms. The summed E-state index contributed by atoms with van der Waals surface area (Å²) in [5.41, 5.74) is 2.35. The third-order valence-electron chi connectivity index (χ3n) is 4.50. The SMILES string of the molecule is O=c1[nH]cnc2c1c(-c1ccc(O)cc1)cn2C1CCNCC1. The van der Waals surface area contributed by atoms with Crippen LogP contribution in [0.4, 0.5) is 0 Å². The zero-order chi connectivity index (χ0) is 15.8. The lowest BCUT2D eigenvalue weighted by Crippen LogP contribution is -2.29. The number of hydrogen-bond donors (Lipinski definition) is 3. The normalized spacial score (nSPS) is 16.0. The van der Waals surface area contributed by atoms with Crippen molar-refractivity contribution < 1.29 is 5.11 Å². The van der Waals surface area contributed by atoms with E-state index in [1.807, 2.05) is 18.3 Å². The van der Waals surface area contributed by atoms with Gasteiger partial charge in [-0.05, 0) is 43.6 Å². The average molecular weight is 310 g/mol. The van der Waals surface area contributed by atoms with Gasteiger partial charge in [0.05, 0.1) is 11.7 Å². The van der Waals surface area contributed by atoms with Gasteiger partial charge in [0.1, 0.15) is 11.4 Å². The van der Waals surface area contributed by atoms with Crippen molar-refractivity contribution in [1.29, 1.82) is 0 Å². The van der Waals surface area contributed by atoms with Gasteiger partial charge < -0.3 is 20.0 Å². The molecule has 0 aliphatic carbocycles. The van der Waals surface area contributed by atoms with Crippen LogP contribution in [0.15, 0.2) is 41.6 Å². The predicted octanol–water partition coefficient (Wildman–Crippen LogP) is 2.02. The van der Waals surface area contributed by atoms with Crippen molar-refractivity contribution in [2.75, 3.05) is 13.1 Å². The molecule has 0 radical (unpaired) electrons. The van der Waals surface area contributed by atoms with Crippen molar-refractivity contribution >= 4 is 11.0 Å². The second-order valence-electron chi connectivity index (χ2n) is 5.91. The fraction of sp³-hybridized carbons (Fsp3) is 0.294. The third-order valence-corrected chi connectivity index (χ3v) is 4.50. The summed E-state index contributed by atoms with van der Waals surface area (Å²) in [5.74, 6) is 0.211. The summed E-state index contributed by atoms with van der Waals surface area (Å²) in [4.78, 5) is 19.5. The molecule has 0 saturated carbocycles. The van der Waals surface area contributed by atoms with Crippen LogP contribution >= 0.6 is 0 Å². The van der Waals surface area contributed by atoms with E-state index in [4.69, 9.17) is 0 Å². The number of phenols is 1. The number of H-pyrrole nitrogens is 1. The molecule has 1 fully saturated rings. The maximum atomic E-state index is 12.4. The molecule has 3 aromatic rings. The Bertz CT molecular complexity index is 889. The molecule has 2 aromatic heterocycles. The van der Waals surface area contributed by atoms with Gasteiger partial charge in [-0.1, -0.05) is 12.1 Å². The van der Waals surface area contributed by atoms with Crippen molar-refractivity contribution in [2.24, 2.45) is 0 Å². The monoisotopic (exact) mass is 310 g/mol. The lowest BCUT2D eigenvalue weighted by Gasteiger charge is -2.24. The van der Waals surface area contributed by atoms with Gasteiger partial charge in [0, 0.05) is 17.8 Å². The van der Waals surface area contributed by atoms with E-state index in [2.05, 4.69) is 19.9 Å². The van der Waals surface area contributed by atoms with Crippen LogP contribution in [0.25, 0.3) is 22.2 Å². The largest absolute Gasteiger partial charge is 0.508 e. The molecule has 3 N–H and O–H groups in total. The summed E-state index contributed by atoms with van der Waals surface area (Å²) in [6.45, 7) is 1.95. The fourth-order valence-electron chi connectivity index (χ4n) is 3.32. The maximum absolute atomic E-state index is 12.4. The Labute approximate surface area is 132 Å². The first-order chi connectivity index (χ1) is 11.2. The van der Waals surface area contributed by atoms with E-state index >= 15 is 0 Å². The second kappa shape index (κ2) is 5.55. The van der Waals surface area contributed by atoms with Gasteiger partial charge in [-0.3, -0.25) is 4.79 Å². The van der Waals surface area contributed by atoms with Crippen molar-refractivity contribution in [3.05, 3.63) is 47.1 Å². The number of nitrogens with zero attached hydrogens (tertiary/aromatic N) is 2. The average Bonchev–Trinajstić information content (AvgIpc) is 2.97. The van der Waals surface area contributed by atoms with E-state index in [0.717, 1.165) is 42.7 Å². The number of nitrogens with one attached hydrogen (secondary N) is 2. The van der Waals surface area contributed by atoms with E-state index in [1.165, 1.54) is 6.33 Å². The zero-order valence-corrected chi connectivity index (χ0v) is 12.6. The van der Waals surface area contributed by atoms with Crippen LogP contribution < -0.4 is 10.9 Å². The van der Waals surface area contributed by atoms with Gasteiger partial charge in [0.25, 0.3) is 5.56 Å². The Morgan fingerprint density at radius 3 is 2.65 bits per heavy atom. The number of aromatic amines is 1. The minimum Gasteiger partial charge on any atom is -0.508 e. The van der Waals surface area contributed by atoms with E-state index in [-0.39, 0.29) is 11.3 Å². The zero-order valence-electron chi connectivity index (χ0n) is 12.6. The van der Waals surface area contributed by atoms with Gasteiger partial charge in [-0.15, -0.1) is 0 Å². The lowest BCUT2D eigenvalue weighted by atomic mass is 10.1. The number of benzene rings is 1. The Kier molecular flexibility index (Phi) is 3.38. The molecular weight excluding hydrogens is 292 g/mol. The highest BCUT2D eigenvalue weighted by Crippen LogP contribution is 2.32. The lowest BCUT2D eigenvalue weighted by molar-refractivity contribution is 0.375. The molecule has 6 nitrogen and oxygen atoms in total. The quantitative estimate of drug-likeness (QED) is 0.676. The van der Waals surface area contributed by atoms with Crippen molar-refractivity contribution in [2.45, 2.75) is 18.9 Å². The van der Waals surface area contributed by atoms with Crippen molar-refractivity contribution in [3.63, 3.8) is 0 Å². The second-order valence-corrected chi connectivity index (χ2v) is 5.91. The van der Waals surface area contributed by atoms with E-state index < -0.39 is 0 Å². The number of phenolic OH excluding ortho intramolecular Hbond substituents is 1. The molecule has 1 aromatic carbocycles. The predicted molar refractivity (Wildman–Crippen MR) is 88.6 cm³/mol.